The van der Waals surface area contributed by atoms with Crippen molar-refractivity contribution in [2.24, 2.45) is 0 Å². The van der Waals surface area contributed by atoms with E-state index < -0.39 is 0 Å². The molecule has 4 aromatic rings. The lowest BCUT2D eigenvalue weighted by atomic mass is 10.1. The fraction of sp³-hybridized carbons (Fsp3) is 0.0952. The number of benzene rings is 2. The highest BCUT2D eigenvalue weighted by Gasteiger charge is 2.15. The van der Waals surface area contributed by atoms with Crippen LogP contribution in [0.25, 0.3) is 11.2 Å². The number of imidazole rings is 1. The van der Waals surface area contributed by atoms with E-state index in [1.807, 2.05) is 24.3 Å². The maximum absolute atomic E-state index is 12.6. The van der Waals surface area contributed by atoms with E-state index in [0.29, 0.717) is 27.3 Å². The Morgan fingerprint density at radius 3 is 2.07 bits per heavy atom. The molecule has 0 saturated carbocycles. The average molecular weight is 546 g/mol. The van der Waals surface area contributed by atoms with Crippen molar-refractivity contribution < 1.29 is 9.59 Å². The molecule has 0 spiro atoms. The zero-order chi connectivity index (χ0) is 21.1. The first kappa shape index (κ1) is 20.9. The normalized spacial score (nSPS) is 11.0. The molecule has 2 aromatic carbocycles. The number of hydrogen-bond donors (Lipinski definition) is 0. The number of aromatic nitrogens is 4. The number of carbonyl (C=O) groups excluding carboxylic acids is 2. The number of Topliss-reactive ketones (excluding diaryl/α,β-unsaturated/α-hetero) is 2. The van der Waals surface area contributed by atoms with Gasteiger partial charge in [0, 0.05) is 20.1 Å². The Labute approximate surface area is 193 Å². The van der Waals surface area contributed by atoms with Gasteiger partial charge < -0.3 is 4.57 Å². The summed E-state index contributed by atoms with van der Waals surface area (Å²) in [7, 11) is 0. The van der Waals surface area contributed by atoms with E-state index in [4.69, 9.17) is 0 Å². The van der Waals surface area contributed by atoms with Gasteiger partial charge in [-0.05, 0) is 24.3 Å². The summed E-state index contributed by atoms with van der Waals surface area (Å²) in [5.41, 5.74) is 2.40. The quantitative estimate of drug-likeness (QED) is 0.180. The molecule has 2 heterocycles. The largest absolute Gasteiger partial charge is 0.307 e. The van der Waals surface area contributed by atoms with Gasteiger partial charge in [-0.25, -0.2) is 15.0 Å². The first-order chi connectivity index (χ1) is 14.5. The summed E-state index contributed by atoms with van der Waals surface area (Å²) in [5, 5.41) is 0.611. The van der Waals surface area contributed by atoms with Gasteiger partial charge in [0.2, 0.25) is 0 Å². The molecule has 0 unspecified atom stereocenters. The molecule has 0 aliphatic heterocycles. The molecule has 0 amide bonds. The molecule has 6 nitrogen and oxygen atoms in total. The second-order valence-electron chi connectivity index (χ2n) is 6.37. The second-order valence-corrected chi connectivity index (χ2v) is 9.17. The topological polar surface area (TPSA) is 77.7 Å². The molecule has 0 atom stereocenters. The van der Waals surface area contributed by atoms with E-state index >= 15 is 0 Å². The SMILES string of the molecule is O=C(CSc1ncnc2c1ncn2CC(=O)c1ccc(Br)cc1)c1ccc(Br)cc1. The van der Waals surface area contributed by atoms with E-state index in [0.717, 1.165) is 8.95 Å². The molecule has 2 aromatic heterocycles. The highest BCUT2D eigenvalue weighted by atomic mass is 79.9. The Bertz CT molecular complexity index is 1220. The maximum Gasteiger partial charge on any atom is 0.182 e. The van der Waals surface area contributed by atoms with E-state index in [1.165, 1.54) is 18.1 Å². The molecule has 150 valence electrons. The van der Waals surface area contributed by atoms with Gasteiger partial charge in [0.15, 0.2) is 17.2 Å². The summed E-state index contributed by atoms with van der Waals surface area (Å²) >= 11 is 8.04. The number of carbonyl (C=O) groups is 2. The lowest BCUT2D eigenvalue weighted by Crippen LogP contribution is -2.10. The lowest BCUT2D eigenvalue weighted by Gasteiger charge is -2.05. The molecule has 4 rings (SSSR count). The second kappa shape index (κ2) is 9.20. The monoisotopic (exact) mass is 544 g/mol. The number of ketones is 2. The first-order valence-corrected chi connectivity index (χ1v) is 11.4. The minimum Gasteiger partial charge on any atom is -0.307 e. The summed E-state index contributed by atoms with van der Waals surface area (Å²) in [6.45, 7) is 0.122. The van der Waals surface area contributed by atoms with Crippen LogP contribution in [0.3, 0.4) is 0 Å². The van der Waals surface area contributed by atoms with Crippen LogP contribution >= 0.6 is 43.6 Å². The Morgan fingerprint density at radius 2 is 1.43 bits per heavy atom. The van der Waals surface area contributed by atoms with Crippen molar-refractivity contribution in [1.82, 2.24) is 19.5 Å². The lowest BCUT2D eigenvalue weighted by molar-refractivity contribution is 0.0972. The Morgan fingerprint density at radius 1 is 0.833 bits per heavy atom. The van der Waals surface area contributed by atoms with Crippen LogP contribution in [0.2, 0.25) is 0 Å². The molecule has 0 radical (unpaired) electrons. The third-order valence-electron chi connectivity index (χ3n) is 4.35. The number of thioether (sulfide) groups is 1. The van der Waals surface area contributed by atoms with Gasteiger partial charge in [0.1, 0.15) is 16.9 Å². The fourth-order valence-electron chi connectivity index (χ4n) is 2.82. The van der Waals surface area contributed by atoms with Crippen LogP contribution in [0.15, 0.2) is 75.2 Å². The van der Waals surface area contributed by atoms with Crippen molar-refractivity contribution in [2.75, 3.05) is 5.75 Å². The molecule has 0 fully saturated rings. The van der Waals surface area contributed by atoms with Gasteiger partial charge in [-0.15, -0.1) is 0 Å². The van der Waals surface area contributed by atoms with Crippen molar-refractivity contribution in [3.63, 3.8) is 0 Å². The van der Waals surface area contributed by atoms with Crippen LogP contribution in [-0.2, 0) is 6.54 Å². The number of nitrogens with zero attached hydrogens (tertiary/aromatic N) is 4. The van der Waals surface area contributed by atoms with Crippen molar-refractivity contribution in [3.8, 4) is 0 Å². The molecule has 0 N–H and O–H groups in total. The molecular formula is C21H14Br2N4O2S. The zero-order valence-electron chi connectivity index (χ0n) is 15.5. The third kappa shape index (κ3) is 4.69. The van der Waals surface area contributed by atoms with Gasteiger partial charge in [-0.1, -0.05) is 67.9 Å². The Hall–Kier alpha value is -2.36. The van der Waals surface area contributed by atoms with Crippen LogP contribution in [0, 0.1) is 0 Å². The van der Waals surface area contributed by atoms with Crippen molar-refractivity contribution >= 4 is 66.4 Å². The van der Waals surface area contributed by atoms with Crippen LogP contribution in [0.4, 0.5) is 0 Å². The summed E-state index contributed by atoms with van der Waals surface area (Å²) in [6, 6.07) is 14.5. The van der Waals surface area contributed by atoms with E-state index in [9.17, 15) is 9.59 Å². The maximum atomic E-state index is 12.6. The molecule has 0 aliphatic rings. The van der Waals surface area contributed by atoms with Crippen LogP contribution < -0.4 is 0 Å². The van der Waals surface area contributed by atoms with Crippen LogP contribution in [-0.4, -0.2) is 36.8 Å². The minimum atomic E-state index is -0.0416. The Balaban J connectivity index is 1.50. The Kier molecular flexibility index (Phi) is 6.40. The van der Waals surface area contributed by atoms with Crippen LogP contribution in [0.5, 0.6) is 0 Å². The van der Waals surface area contributed by atoms with E-state index in [2.05, 4.69) is 46.8 Å². The van der Waals surface area contributed by atoms with Crippen LogP contribution in [0.1, 0.15) is 20.7 Å². The van der Waals surface area contributed by atoms with E-state index in [1.54, 1.807) is 35.2 Å². The predicted octanol–water partition coefficient (Wildman–Crippen LogP) is 5.21. The third-order valence-corrected chi connectivity index (χ3v) is 6.39. The fourth-order valence-corrected chi connectivity index (χ4v) is 4.18. The molecule has 0 saturated heterocycles. The summed E-state index contributed by atoms with van der Waals surface area (Å²) in [5.74, 6) is 0.197. The van der Waals surface area contributed by atoms with Gasteiger partial charge in [-0.2, -0.15) is 0 Å². The van der Waals surface area contributed by atoms with E-state index in [-0.39, 0.29) is 23.9 Å². The zero-order valence-corrected chi connectivity index (χ0v) is 19.4. The van der Waals surface area contributed by atoms with Crippen molar-refractivity contribution in [2.45, 2.75) is 11.6 Å². The molecule has 30 heavy (non-hydrogen) atoms. The molecule has 0 aliphatic carbocycles. The summed E-state index contributed by atoms with van der Waals surface area (Å²) in [4.78, 5) is 38.0. The first-order valence-electron chi connectivity index (χ1n) is 8.87. The smallest absolute Gasteiger partial charge is 0.182 e. The van der Waals surface area contributed by atoms with Crippen molar-refractivity contribution in [1.29, 1.82) is 0 Å². The number of halogens is 2. The van der Waals surface area contributed by atoms with Gasteiger partial charge >= 0.3 is 0 Å². The highest BCUT2D eigenvalue weighted by Crippen LogP contribution is 2.24. The minimum absolute atomic E-state index is 0.00381. The molecule has 0 bridgehead atoms. The van der Waals surface area contributed by atoms with Gasteiger partial charge in [0.25, 0.3) is 0 Å². The summed E-state index contributed by atoms with van der Waals surface area (Å²) in [6.07, 6.45) is 3.01. The summed E-state index contributed by atoms with van der Waals surface area (Å²) < 4.78 is 3.54. The molecular weight excluding hydrogens is 532 g/mol. The average Bonchev–Trinajstić information content (AvgIpc) is 3.16. The van der Waals surface area contributed by atoms with Crippen molar-refractivity contribution in [3.05, 3.63) is 81.3 Å². The number of rotatable bonds is 7. The molecule has 9 heteroatoms. The predicted molar refractivity (Wildman–Crippen MR) is 123 cm³/mol. The standard InChI is InChI=1S/C21H14Br2N4O2S/c22-15-5-1-13(2-6-15)17(28)9-27-12-26-19-20(27)24-11-25-21(19)30-10-18(29)14-3-7-16(23)8-4-14/h1-8,11-12H,9-10H2. The van der Waals surface area contributed by atoms with Gasteiger partial charge in [0.05, 0.1) is 18.6 Å². The van der Waals surface area contributed by atoms with Gasteiger partial charge in [-0.3, -0.25) is 9.59 Å². The number of fused-ring (bicyclic) bond motifs is 1. The number of hydrogen-bond acceptors (Lipinski definition) is 6. The highest BCUT2D eigenvalue weighted by molar-refractivity contribution is 9.10.